The molecule has 0 bridgehead atoms. The number of hydrogen-bond acceptors (Lipinski definition) is 3. The van der Waals surface area contributed by atoms with Crippen molar-refractivity contribution in [2.24, 2.45) is 0 Å². The van der Waals surface area contributed by atoms with Crippen LogP contribution in [-0.4, -0.2) is 17.3 Å². The molecule has 4 nitrogen and oxygen atoms in total. The van der Waals surface area contributed by atoms with Gasteiger partial charge >= 0.3 is 0 Å². The average Bonchev–Trinajstić information content (AvgIpc) is 2.67. The van der Waals surface area contributed by atoms with Crippen LogP contribution in [0.3, 0.4) is 0 Å². The zero-order valence-corrected chi connectivity index (χ0v) is 8.17. The molecule has 2 rings (SSSR count). The normalized spacial score (nSPS) is 10.3. The van der Waals surface area contributed by atoms with E-state index >= 15 is 0 Å². The first-order valence-corrected chi connectivity index (χ1v) is 4.35. The summed E-state index contributed by atoms with van der Waals surface area (Å²) < 4.78 is 18.8. The smallest absolute Gasteiger partial charge is 0.192 e. The van der Waals surface area contributed by atoms with E-state index in [0.29, 0.717) is 16.6 Å². The number of rotatable bonds is 3. The zero-order chi connectivity index (χ0) is 10.8. The lowest BCUT2D eigenvalue weighted by Gasteiger charge is -2.09. The van der Waals surface area contributed by atoms with Crippen molar-refractivity contribution in [3.05, 3.63) is 30.9 Å². The van der Waals surface area contributed by atoms with Crippen LogP contribution in [0.25, 0.3) is 10.9 Å². The summed E-state index contributed by atoms with van der Waals surface area (Å²) in [7, 11) is 1.41. The topological polar surface area (TPSA) is 49.9 Å². The van der Waals surface area contributed by atoms with Gasteiger partial charge in [0.05, 0.1) is 19.0 Å². The monoisotopic (exact) mass is 207 g/mol. The number of nitrogens with zero attached hydrogens (tertiary/aromatic N) is 1. The first-order chi connectivity index (χ1) is 7.27. The predicted molar refractivity (Wildman–Crippen MR) is 56.4 cm³/mol. The van der Waals surface area contributed by atoms with Gasteiger partial charge in [0, 0.05) is 5.39 Å². The molecular weight excluding hydrogens is 197 g/mol. The van der Waals surface area contributed by atoms with E-state index in [1.54, 1.807) is 12.3 Å². The fraction of sp³-hybridized carbons (Fsp3) is 0.100. The number of aromatic amines is 1. The highest BCUT2D eigenvalue weighted by atomic mass is 19.1. The number of ether oxygens (including phenoxy) is 1. The van der Waals surface area contributed by atoms with Gasteiger partial charge in [-0.2, -0.15) is 5.10 Å². The molecule has 15 heavy (non-hydrogen) atoms. The number of methoxy groups -OCH3 is 1. The van der Waals surface area contributed by atoms with Crippen molar-refractivity contribution in [3.8, 4) is 5.75 Å². The molecule has 2 N–H and O–H groups in total. The highest BCUT2D eigenvalue weighted by molar-refractivity contribution is 5.86. The third kappa shape index (κ3) is 1.41. The summed E-state index contributed by atoms with van der Waals surface area (Å²) in [4.78, 5) is 0. The number of anilines is 1. The van der Waals surface area contributed by atoms with Crippen molar-refractivity contribution in [3.63, 3.8) is 0 Å². The Morgan fingerprint density at radius 3 is 3.13 bits per heavy atom. The number of H-pyrrole nitrogens is 1. The Bertz CT molecular complexity index is 507. The summed E-state index contributed by atoms with van der Waals surface area (Å²) in [5.41, 5.74) is 0.861. The molecule has 0 aliphatic carbocycles. The number of aromatic nitrogens is 2. The summed E-state index contributed by atoms with van der Waals surface area (Å²) in [6.07, 6.45) is 3.01. The third-order valence-electron chi connectivity index (χ3n) is 2.09. The lowest BCUT2D eigenvalue weighted by atomic mass is 10.2. The summed E-state index contributed by atoms with van der Waals surface area (Å²) in [5.74, 6) is -0.316. The number of fused-ring (bicyclic) bond motifs is 1. The van der Waals surface area contributed by atoms with Gasteiger partial charge in [-0.3, -0.25) is 5.10 Å². The second kappa shape index (κ2) is 3.61. The maximum absolute atomic E-state index is 13.8. The van der Waals surface area contributed by atoms with Crippen molar-refractivity contribution >= 4 is 16.6 Å². The first kappa shape index (κ1) is 9.51. The van der Waals surface area contributed by atoms with Crippen LogP contribution in [0.4, 0.5) is 10.1 Å². The van der Waals surface area contributed by atoms with Crippen LogP contribution in [0.5, 0.6) is 5.75 Å². The molecule has 1 heterocycles. The molecule has 0 radical (unpaired) electrons. The summed E-state index contributed by atoms with van der Waals surface area (Å²) in [5, 5.41) is 9.82. The Kier molecular flexibility index (Phi) is 2.29. The molecule has 0 aliphatic rings. The molecule has 0 fully saturated rings. The predicted octanol–water partition coefficient (Wildman–Crippen LogP) is 2.27. The molecule has 0 saturated heterocycles. The van der Waals surface area contributed by atoms with Gasteiger partial charge in [0.25, 0.3) is 0 Å². The van der Waals surface area contributed by atoms with E-state index < -0.39 is 5.82 Å². The Hall–Kier alpha value is -2.04. The van der Waals surface area contributed by atoms with E-state index in [0.717, 1.165) is 0 Å². The van der Waals surface area contributed by atoms with E-state index in [1.165, 1.54) is 13.3 Å². The van der Waals surface area contributed by atoms with E-state index in [9.17, 15) is 4.39 Å². The lowest BCUT2D eigenvalue weighted by Crippen LogP contribution is -1.96. The standard InChI is InChI=1S/C10H10FN3O/c1-3-12-7-4-6-5-13-14-9(6)8(11)10(7)15-2/h3-5,12H,1H2,2H3,(H,13,14). The van der Waals surface area contributed by atoms with Gasteiger partial charge in [-0.15, -0.1) is 0 Å². The van der Waals surface area contributed by atoms with Crippen molar-refractivity contribution in [2.45, 2.75) is 0 Å². The fourth-order valence-corrected chi connectivity index (χ4v) is 1.45. The fourth-order valence-electron chi connectivity index (χ4n) is 1.45. The van der Waals surface area contributed by atoms with Crippen LogP contribution in [0.2, 0.25) is 0 Å². The molecule has 0 spiro atoms. The maximum atomic E-state index is 13.8. The second-order valence-corrected chi connectivity index (χ2v) is 2.95. The minimum absolute atomic E-state index is 0.145. The summed E-state index contributed by atoms with van der Waals surface area (Å²) in [6.45, 7) is 3.52. The molecular formula is C10H10FN3O. The molecule has 0 amide bonds. The summed E-state index contributed by atoms with van der Waals surface area (Å²) in [6, 6.07) is 1.74. The molecule has 0 unspecified atom stereocenters. The van der Waals surface area contributed by atoms with E-state index in [-0.39, 0.29) is 5.75 Å². The Morgan fingerprint density at radius 2 is 2.47 bits per heavy atom. The average molecular weight is 207 g/mol. The van der Waals surface area contributed by atoms with Crippen molar-refractivity contribution < 1.29 is 9.13 Å². The Morgan fingerprint density at radius 1 is 1.67 bits per heavy atom. The Labute approximate surface area is 85.7 Å². The highest BCUT2D eigenvalue weighted by Crippen LogP contribution is 2.33. The SMILES string of the molecule is C=CNc1cc2cn[nH]c2c(F)c1OC. The van der Waals surface area contributed by atoms with E-state index in [4.69, 9.17) is 4.74 Å². The molecule has 0 atom stereocenters. The van der Waals surface area contributed by atoms with Gasteiger partial charge in [0.15, 0.2) is 11.6 Å². The third-order valence-corrected chi connectivity index (χ3v) is 2.09. The highest BCUT2D eigenvalue weighted by Gasteiger charge is 2.14. The molecule has 5 heteroatoms. The molecule has 2 aromatic rings. The van der Waals surface area contributed by atoms with Crippen LogP contribution in [0.15, 0.2) is 25.0 Å². The first-order valence-electron chi connectivity index (χ1n) is 4.35. The minimum atomic E-state index is -0.461. The van der Waals surface area contributed by atoms with Gasteiger partial charge < -0.3 is 10.1 Å². The van der Waals surface area contributed by atoms with Crippen molar-refractivity contribution in [1.82, 2.24) is 10.2 Å². The van der Waals surface area contributed by atoms with Crippen LogP contribution < -0.4 is 10.1 Å². The molecule has 0 saturated carbocycles. The molecule has 0 aliphatic heterocycles. The van der Waals surface area contributed by atoms with E-state index in [2.05, 4.69) is 22.1 Å². The Balaban J connectivity index is 2.72. The van der Waals surface area contributed by atoms with Crippen molar-refractivity contribution in [2.75, 3.05) is 12.4 Å². The van der Waals surface area contributed by atoms with Gasteiger partial charge in [-0.1, -0.05) is 6.58 Å². The number of benzene rings is 1. The van der Waals surface area contributed by atoms with Crippen LogP contribution in [0, 0.1) is 5.82 Å². The lowest BCUT2D eigenvalue weighted by molar-refractivity contribution is 0.390. The zero-order valence-electron chi connectivity index (χ0n) is 8.17. The van der Waals surface area contributed by atoms with Crippen LogP contribution in [0.1, 0.15) is 0 Å². The summed E-state index contributed by atoms with van der Waals surface area (Å²) >= 11 is 0. The van der Waals surface area contributed by atoms with Crippen molar-refractivity contribution in [1.29, 1.82) is 0 Å². The maximum Gasteiger partial charge on any atom is 0.192 e. The van der Waals surface area contributed by atoms with Gasteiger partial charge in [0.2, 0.25) is 0 Å². The van der Waals surface area contributed by atoms with Crippen LogP contribution in [-0.2, 0) is 0 Å². The number of nitrogens with one attached hydrogen (secondary N) is 2. The van der Waals surface area contributed by atoms with Gasteiger partial charge in [0.1, 0.15) is 5.52 Å². The van der Waals surface area contributed by atoms with Gasteiger partial charge in [-0.05, 0) is 12.3 Å². The number of hydrogen-bond donors (Lipinski definition) is 2. The molecule has 1 aromatic heterocycles. The molecule has 78 valence electrons. The second-order valence-electron chi connectivity index (χ2n) is 2.95. The van der Waals surface area contributed by atoms with E-state index in [1.807, 2.05) is 0 Å². The van der Waals surface area contributed by atoms with Gasteiger partial charge in [-0.25, -0.2) is 4.39 Å². The largest absolute Gasteiger partial charge is 0.492 e. The quantitative estimate of drug-likeness (QED) is 0.811. The minimum Gasteiger partial charge on any atom is -0.492 e. The number of halogens is 1. The molecule has 1 aromatic carbocycles. The van der Waals surface area contributed by atoms with Crippen LogP contribution >= 0.6 is 0 Å².